The van der Waals surface area contributed by atoms with Gasteiger partial charge in [0.2, 0.25) is 0 Å². The van der Waals surface area contributed by atoms with Crippen LogP contribution in [-0.4, -0.2) is 88.5 Å². The van der Waals surface area contributed by atoms with Crippen LogP contribution in [-0.2, 0) is 13.0 Å². The second kappa shape index (κ2) is 10.4. The number of halogens is 1. The number of anilines is 1. The number of carbonyl (C=O) groups is 1. The van der Waals surface area contributed by atoms with Crippen LogP contribution in [0.5, 0.6) is 0 Å². The zero-order valence-corrected chi connectivity index (χ0v) is 24.4. The van der Waals surface area contributed by atoms with Crippen LogP contribution in [0.3, 0.4) is 0 Å². The maximum atomic E-state index is 13.0. The van der Waals surface area contributed by atoms with E-state index in [1.165, 1.54) is 0 Å². The first-order chi connectivity index (χ1) is 15.9. The van der Waals surface area contributed by atoms with E-state index in [0.717, 1.165) is 74.1 Å². The molecule has 0 unspecified atom stereocenters. The van der Waals surface area contributed by atoms with E-state index in [0.29, 0.717) is 23.7 Å². The zero-order valence-electron chi connectivity index (χ0n) is 19.1. The molecule has 3 heterocycles. The van der Waals surface area contributed by atoms with Gasteiger partial charge < -0.3 is 0 Å². The third-order valence-electron chi connectivity index (χ3n) is 5.47. The van der Waals surface area contributed by atoms with Crippen LogP contribution in [0.2, 0.25) is 5.02 Å². The Bertz CT molecular complexity index is 1180. The van der Waals surface area contributed by atoms with Gasteiger partial charge in [-0.05, 0) is 18.6 Å². The monoisotopic (exact) mass is 657 g/mol. The number of aromatic nitrogens is 2. The van der Waals surface area contributed by atoms with Crippen molar-refractivity contribution in [3.05, 3.63) is 64.6 Å². The molecule has 0 spiro atoms. The molecule has 1 aliphatic rings. The Hall–Kier alpha value is -2.18. The van der Waals surface area contributed by atoms with Gasteiger partial charge in [-0.15, -0.1) is 0 Å². The number of amidine groups is 1. The quantitative estimate of drug-likeness (QED) is 0.396. The summed E-state index contributed by atoms with van der Waals surface area (Å²) in [5.74, 6) is 0.958. The summed E-state index contributed by atoms with van der Waals surface area (Å²) in [4.78, 5) is 19.7. The third-order valence-corrected chi connectivity index (χ3v) is 7.86. The van der Waals surface area contributed by atoms with Crippen molar-refractivity contribution in [1.82, 2.24) is 22.3 Å². The Labute approximate surface area is 215 Å². The average Bonchev–Trinajstić information content (AvgIpc) is 3.17. The Morgan fingerprint density at radius 3 is 2.64 bits per heavy atom. The van der Waals surface area contributed by atoms with Crippen molar-refractivity contribution in [2.45, 2.75) is 19.9 Å². The molecule has 0 bridgehead atoms. The summed E-state index contributed by atoms with van der Waals surface area (Å²) >= 11 is 6.89. The van der Waals surface area contributed by atoms with Gasteiger partial charge in [0.15, 0.2) is 0 Å². The summed E-state index contributed by atoms with van der Waals surface area (Å²) in [6, 6.07) is 11.8. The Morgan fingerprint density at radius 1 is 1.18 bits per heavy atom. The molecule has 1 N–H and O–H groups in total. The number of fused-ring (bicyclic) bond motifs is 1. The molecule has 33 heavy (non-hydrogen) atoms. The Morgan fingerprint density at radius 2 is 1.94 bits per heavy atom. The Balaban J connectivity index is 1.45. The molecular weight excluding hydrogens is 630 g/mol. The van der Waals surface area contributed by atoms with Gasteiger partial charge in [0.25, 0.3) is 0 Å². The molecule has 0 aliphatic carbocycles. The number of nitrogens with zero attached hydrogens (tertiary/aromatic N) is 6. The number of benzene rings is 1. The van der Waals surface area contributed by atoms with Gasteiger partial charge in [-0.2, -0.15) is 0 Å². The first-order valence-corrected chi connectivity index (χ1v) is 13.3. The number of likely N-dealkylation sites (N-methyl/N-ethyl adjacent to an activating group) is 1. The summed E-state index contributed by atoms with van der Waals surface area (Å²) < 4.78 is 4.12. The number of carbonyl (C=O) groups excluding carboxylic acids is 1. The molecule has 4 rings (SSSR count). The van der Waals surface area contributed by atoms with Crippen molar-refractivity contribution in [2.24, 2.45) is 5.10 Å². The minimum atomic E-state index is -0.160. The number of pyridine rings is 1. The molecule has 3 aromatic rings. The number of hydrogen-bond acceptors (Lipinski definition) is 6. The number of imidazole rings is 1. The number of rotatable bonds is 7. The molecule has 2 aromatic heterocycles. The van der Waals surface area contributed by atoms with Gasteiger partial charge in [-0.25, -0.2) is 4.98 Å². The zero-order chi connectivity index (χ0) is 23.5. The van der Waals surface area contributed by atoms with E-state index < -0.39 is 0 Å². The second-order valence-corrected chi connectivity index (χ2v) is 11.1. The topological polar surface area (TPSA) is 68.5 Å². The fourth-order valence-electron chi connectivity index (χ4n) is 3.78. The van der Waals surface area contributed by atoms with Crippen LogP contribution in [0.15, 0.2) is 47.7 Å². The summed E-state index contributed by atoms with van der Waals surface area (Å²) in [6.07, 6.45) is 2.40. The second-order valence-electron chi connectivity index (χ2n) is 8.26. The number of aryl methyl sites for hydroxylation is 1. The first-order valence-electron chi connectivity index (χ1n) is 10.9. The van der Waals surface area contributed by atoms with Gasteiger partial charge in [-0.1, -0.05) is 18.5 Å². The van der Waals surface area contributed by atoms with Crippen molar-refractivity contribution < 1.29 is 4.79 Å². The van der Waals surface area contributed by atoms with E-state index in [1.54, 1.807) is 16.7 Å². The van der Waals surface area contributed by atoms with Crippen molar-refractivity contribution >= 4 is 60.7 Å². The van der Waals surface area contributed by atoms with Crippen LogP contribution < -0.4 is 10.3 Å². The molecule has 0 radical (unpaired) electrons. The van der Waals surface area contributed by atoms with Gasteiger partial charge in [0.1, 0.15) is 5.65 Å². The fraction of sp³-hybridized carbons (Fsp3) is 0.348. The van der Waals surface area contributed by atoms with Crippen molar-refractivity contribution in [2.75, 3.05) is 38.7 Å². The molecule has 0 saturated carbocycles. The normalized spacial score (nSPS) is 14.1. The van der Waals surface area contributed by atoms with Crippen LogP contribution in [0.4, 0.5) is 5.69 Å². The van der Waals surface area contributed by atoms with Crippen LogP contribution in [0, 0.1) is 0 Å². The number of hydrazone groups is 1. The number of amides is 1. The molecule has 170 valence electrons. The van der Waals surface area contributed by atoms with Crippen LogP contribution in [0.25, 0.3) is 5.65 Å². The molecule has 1 amide bonds. The van der Waals surface area contributed by atoms with Gasteiger partial charge in [0, 0.05) is 6.20 Å². The molecular formula is C23H27ClN7OTl. The Kier molecular flexibility index (Phi) is 7.55. The molecule has 1 aromatic carbocycles. The molecule has 1 aliphatic heterocycles. The fourth-order valence-corrected chi connectivity index (χ4v) is 4.90. The van der Waals surface area contributed by atoms with Crippen LogP contribution in [0.1, 0.15) is 28.7 Å². The average molecular weight is 657 g/mol. The summed E-state index contributed by atoms with van der Waals surface area (Å²) in [6.45, 7) is 5.14. The minimum absolute atomic E-state index is 0.160. The van der Waals surface area contributed by atoms with Crippen LogP contribution >= 0.6 is 11.6 Å². The molecule has 0 atom stereocenters. The van der Waals surface area contributed by atoms with Crippen molar-refractivity contribution in [3.8, 4) is 0 Å². The van der Waals surface area contributed by atoms with E-state index >= 15 is 0 Å². The van der Waals surface area contributed by atoms with E-state index in [1.807, 2.05) is 25.1 Å². The molecule has 0 fully saturated rings. The van der Waals surface area contributed by atoms with Gasteiger partial charge in [0.05, 0.1) is 10.7 Å². The number of hydrogen-bond donors (Lipinski definition) is 1. The maximum absolute atomic E-state index is 13.0. The molecule has 0 saturated heterocycles. The van der Waals surface area contributed by atoms with E-state index in [-0.39, 0.29) is 5.91 Å². The first kappa shape index (κ1) is 24.0. The van der Waals surface area contributed by atoms with Crippen molar-refractivity contribution in [1.29, 1.82) is 0 Å². The predicted octanol–water partition coefficient (Wildman–Crippen LogP) is 2.56. The van der Waals surface area contributed by atoms with E-state index in [2.05, 4.69) is 49.1 Å². The number of nitrogens with one attached hydrogen (secondary N) is 1. The predicted molar refractivity (Wildman–Crippen MR) is 133 cm³/mol. The summed E-state index contributed by atoms with van der Waals surface area (Å²) in [5, 5.41) is 10.5. The van der Waals surface area contributed by atoms with Gasteiger partial charge in [-0.3, -0.25) is 4.40 Å². The molecule has 8 nitrogen and oxygen atoms in total. The third kappa shape index (κ3) is 5.49. The van der Waals surface area contributed by atoms with Gasteiger partial charge >= 0.3 is 147 Å². The summed E-state index contributed by atoms with van der Waals surface area (Å²) in [7, 11) is 4.13. The summed E-state index contributed by atoms with van der Waals surface area (Å²) in [5.41, 5.74) is 4.10. The van der Waals surface area contributed by atoms with Crippen molar-refractivity contribution in [3.63, 3.8) is 0 Å². The SMILES string of the molecule is CCc1nc2ccc(Cl)cn2c1C(=O)NCc1ccc(N2CC[N]([Tl])C(CN(C)C)=N2)cc1. The van der Waals surface area contributed by atoms with E-state index in [9.17, 15) is 4.79 Å². The molecule has 10 heteroatoms. The van der Waals surface area contributed by atoms with E-state index in [4.69, 9.17) is 16.7 Å². The standard InChI is InChI=1S/C23H28ClN7O.Tl/c1-4-19-22(30-14-17(24)7-10-21(30)27-19)23(32)26-13-16-5-8-18(9-6-16)31-12-11-25-20(28-31)15-29(2)3;/h5-10,14H,4,11-13,15H2,1-3H3,(H2,25,26,28,32);/q;+1/p-1.